The van der Waals surface area contributed by atoms with Crippen LogP contribution in [0.3, 0.4) is 0 Å². The first-order valence-corrected chi connectivity index (χ1v) is 6.86. The van der Waals surface area contributed by atoms with E-state index < -0.39 is 0 Å². The lowest BCUT2D eigenvalue weighted by Crippen LogP contribution is -2.40. The second kappa shape index (κ2) is 6.65. The first-order valence-electron chi connectivity index (χ1n) is 6.86. The summed E-state index contributed by atoms with van der Waals surface area (Å²) < 4.78 is 6.81. The fourth-order valence-electron chi connectivity index (χ4n) is 2.68. The van der Waals surface area contributed by atoms with Crippen molar-refractivity contribution in [3.05, 3.63) is 12.2 Å². The summed E-state index contributed by atoms with van der Waals surface area (Å²) in [5, 5.41) is 11.3. The van der Waals surface area contributed by atoms with Gasteiger partial charge in [-0.1, -0.05) is 19.3 Å². The van der Waals surface area contributed by atoms with Gasteiger partial charge in [-0.3, -0.25) is 4.79 Å². The van der Waals surface area contributed by atoms with Gasteiger partial charge in [0.05, 0.1) is 19.6 Å². The third-order valence-corrected chi connectivity index (χ3v) is 3.85. The first kappa shape index (κ1) is 14.0. The van der Waals surface area contributed by atoms with Gasteiger partial charge in [0.25, 0.3) is 0 Å². The number of nitrogens with one attached hydrogen (secondary N) is 1. The van der Waals surface area contributed by atoms with Gasteiger partial charge in [-0.25, -0.2) is 0 Å². The molecule has 0 amide bonds. The molecule has 1 heterocycles. The van der Waals surface area contributed by atoms with Crippen LogP contribution < -0.4 is 5.32 Å². The highest BCUT2D eigenvalue weighted by atomic mass is 16.5. The minimum atomic E-state index is -0.0997. The van der Waals surface area contributed by atoms with Crippen LogP contribution in [0, 0.1) is 5.92 Å². The molecule has 1 fully saturated rings. The summed E-state index contributed by atoms with van der Waals surface area (Å²) in [7, 11) is 3.38. The fourth-order valence-corrected chi connectivity index (χ4v) is 2.68. The van der Waals surface area contributed by atoms with Crippen LogP contribution in [0.2, 0.25) is 0 Å². The number of esters is 1. The van der Waals surface area contributed by atoms with Crippen molar-refractivity contribution in [1.29, 1.82) is 0 Å². The van der Waals surface area contributed by atoms with Crippen LogP contribution >= 0.6 is 0 Å². The number of hydrogen-bond acceptors (Lipinski definition) is 5. The second-order valence-corrected chi connectivity index (χ2v) is 5.11. The van der Waals surface area contributed by atoms with E-state index >= 15 is 0 Å². The molecule has 19 heavy (non-hydrogen) atoms. The van der Waals surface area contributed by atoms with E-state index in [1.807, 2.05) is 11.6 Å². The molecule has 1 aliphatic rings. The number of carbonyl (C=O) groups is 1. The lowest BCUT2D eigenvalue weighted by atomic mass is 9.95. The molecule has 106 valence electrons. The number of aromatic nitrogens is 3. The van der Waals surface area contributed by atoms with Crippen LogP contribution in [0.25, 0.3) is 0 Å². The maximum atomic E-state index is 11.9. The van der Waals surface area contributed by atoms with E-state index in [-0.39, 0.29) is 17.9 Å². The van der Waals surface area contributed by atoms with Gasteiger partial charge < -0.3 is 14.6 Å². The second-order valence-electron chi connectivity index (χ2n) is 5.11. The van der Waals surface area contributed by atoms with Crippen LogP contribution in [-0.4, -0.2) is 33.9 Å². The van der Waals surface area contributed by atoms with Crippen molar-refractivity contribution in [2.75, 3.05) is 7.11 Å². The Hall–Kier alpha value is -1.43. The summed E-state index contributed by atoms with van der Waals surface area (Å²) in [5.41, 5.74) is 0. The van der Waals surface area contributed by atoms with Gasteiger partial charge >= 0.3 is 5.97 Å². The SMILES string of the molecule is COC(=O)[C@@H]1CCCCC[C@@H]1NCc1nncn1C. The topological polar surface area (TPSA) is 69.0 Å². The first-order chi connectivity index (χ1) is 9.22. The standard InChI is InChI=1S/C13H22N4O2/c1-17-9-15-16-12(17)8-14-11-7-5-3-4-6-10(11)13(18)19-2/h9-11,14H,3-8H2,1-2H3/t10-,11+/m1/s1. The van der Waals surface area contributed by atoms with E-state index in [9.17, 15) is 4.79 Å². The fraction of sp³-hybridized carbons (Fsp3) is 0.769. The molecule has 2 rings (SSSR count). The molecule has 0 spiro atoms. The average Bonchev–Trinajstić information content (AvgIpc) is 2.69. The lowest BCUT2D eigenvalue weighted by molar-refractivity contribution is -0.146. The Bertz CT molecular complexity index is 419. The van der Waals surface area contributed by atoms with Crippen LogP contribution in [0.4, 0.5) is 0 Å². The van der Waals surface area contributed by atoms with Crippen molar-refractivity contribution < 1.29 is 9.53 Å². The summed E-state index contributed by atoms with van der Waals surface area (Å²) in [6, 6.07) is 0.173. The predicted octanol–water partition coefficient (Wildman–Crippen LogP) is 1.03. The van der Waals surface area contributed by atoms with E-state index in [1.54, 1.807) is 6.33 Å². The molecule has 1 N–H and O–H groups in total. The molecule has 0 unspecified atom stereocenters. The number of methoxy groups -OCH3 is 1. The summed E-state index contributed by atoms with van der Waals surface area (Å²) in [6.45, 7) is 0.634. The molecule has 2 atom stereocenters. The van der Waals surface area contributed by atoms with E-state index in [4.69, 9.17) is 4.74 Å². The number of carbonyl (C=O) groups excluding carboxylic acids is 1. The van der Waals surface area contributed by atoms with Gasteiger partial charge in [0, 0.05) is 13.1 Å². The summed E-state index contributed by atoms with van der Waals surface area (Å²) in [5.74, 6) is 0.742. The van der Waals surface area contributed by atoms with E-state index in [2.05, 4.69) is 15.5 Å². The zero-order valence-electron chi connectivity index (χ0n) is 11.6. The molecule has 1 aromatic heterocycles. The third kappa shape index (κ3) is 3.53. The smallest absolute Gasteiger partial charge is 0.310 e. The van der Waals surface area contributed by atoms with Gasteiger partial charge in [-0.05, 0) is 12.8 Å². The molecule has 1 aromatic rings. The summed E-state index contributed by atoms with van der Waals surface area (Å²) in [6.07, 6.45) is 7.05. The Kier molecular flexibility index (Phi) is 4.90. The molecule has 0 aliphatic heterocycles. The minimum Gasteiger partial charge on any atom is -0.469 e. The molecule has 0 radical (unpaired) electrons. The van der Waals surface area contributed by atoms with Gasteiger partial charge in [0.15, 0.2) is 0 Å². The Morgan fingerprint density at radius 1 is 1.47 bits per heavy atom. The van der Waals surface area contributed by atoms with E-state index in [1.165, 1.54) is 13.5 Å². The summed E-state index contributed by atoms with van der Waals surface area (Å²) >= 11 is 0. The molecular formula is C13H22N4O2. The molecule has 0 saturated heterocycles. The number of ether oxygens (including phenoxy) is 1. The molecule has 1 saturated carbocycles. The van der Waals surface area contributed by atoms with Gasteiger partial charge in [0.2, 0.25) is 0 Å². The Morgan fingerprint density at radius 3 is 2.95 bits per heavy atom. The molecule has 6 nitrogen and oxygen atoms in total. The van der Waals surface area contributed by atoms with Gasteiger partial charge in [0.1, 0.15) is 12.2 Å². The van der Waals surface area contributed by atoms with Crippen LogP contribution in [0.5, 0.6) is 0 Å². The van der Waals surface area contributed by atoms with E-state index in [0.717, 1.165) is 31.5 Å². The number of aryl methyl sites for hydroxylation is 1. The van der Waals surface area contributed by atoms with Crippen LogP contribution in [-0.2, 0) is 23.1 Å². The van der Waals surface area contributed by atoms with Crippen LogP contribution in [0.15, 0.2) is 6.33 Å². The zero-order chi connectivity index (χ0) is 13.7. The minimum absolute atomic E-state index is 0.0410. The molecule has 0 bridgehead atoms. The number of nitrogens with zero attached hydrogens (tertiary/aromatic N) is 3. The molecule has 1 aliphatic carbocycles. The number of hydrogen-bond donors (Lipinski definition) is 1. The third-order valence-electron chi connectivity index (χ3n) is 3.85. The van der Waals surface area contributed by atoms with Crippen molar-refractivity contribution in [2.45, 2.75) is 44.7 Å². The zero-order valence-corrected chi connectivity index (χ0v) is 11.6. The van der Waals surface area contributed by atoms with Crippen molar-refractivity contribution in [3.63, 3.8) is 0 Å². The van der Waals surface area contributed by atoms with Gasteiger partial charge in [-0.2, -0.15) is 0 Å². The normalized spacial score (nSPS) is 23.9. The van der Waals surface area contributed by atoms with Crippen molar-refractivity contribution >= 4 is 5.97 Å². The maximum Gasteiger partial charge on any atom is 0.310 e. The predicted molar refractivity (Wildman–Crippen MR) is 70.2 cm³/mol. The van der Waals surface area contributed by atoms with Gasteiger partial charge in [-0.15, -0.1) is 10.2 Å². The number of rotatable bonds is 4. The average molecular weight is 266 g/mol. The van der Waals surface area contributed by atoms with Crippen LogP contribution in [0.1, 0.15) is 37.9 Å². The Labute approximate surface area is 113 Å². The van der Waals surface area contributed by atoms with Crippen molar-refractivity contribution in [3.8, 4) is 0 Å². The summed E-state index contributed by atoms with van der Waals surface area (Å²) in [4.78, 5) is 11.9. The molecular weight excluding hydrogens is 244 g/mol. The quantitative estimate of drug-likeness (QED) is 0.651. The van der Waals surface area contributed by atoms with Crippen molar-refractivity contribution in [2.24, 2.45) is 13.0 Å². The Morgan fingerprint density at radius 2 is 2.26 bits per heavy atom. The van der Waals surface area contributed by atoms with Crippen molar-refractivity contribution in [1.82, 2.24) is 20.1 Å². The maximum absolute atomic E-state index is 11.9. The monoisotopic (exact) mass is 266 g/mol. The highest BCUT2D eigenvalue weighted by molar-refractivity contribution is 5.73. The molecule has 0 aromatic carbocycles. The highest BCUT2D eigenvalue weighted by Crippen LogP contribution is 2.24. The highest BCUT2D eigenvalue weighted by Gasteiger charge is 2.30. The largest absolute Gasteiger partial charge is 0.469 e. The Balaban J connectivity index is 1.98. The lowest BCUT2D eigenvalue weighted by Gasteiger charge is -2.23. The van der Waals surface area contributed by atoms with E-state index in [0.29, 0.717) is 6.54 Å². The molecule has 6 heteroatoms.